The van der Waals surface area contributed by atoms with E-state index in [-0.39, 0.29) is 5.78 Å². The lowest BCUT2D eigenvalue weighted by Gasteiger charge is -1.98. The van der Waals surface area contributed by atoms with E-state index in [0.717, 1.165) is 19.3 Å². The Balaban J connectivity index is 3.38. The van der Waals surface area contributed by atoms with Crippen molar-refractivity contribution in [2.24, 2.45) is 5.73 Å². The van der Waals surface area contributed by atoms with Crippen LogP contribution in [0, 0.1) is 0 Å². The highest BCUT2D eigenvalue weighted by Crippen LogP contribution is 1.99. The molecule has 0 aromatic rings. The zero-order valence-corrected chi connectivity index (χ0v) is 7.43. The molecule has 0 saturated carbocycles. The van der Waals surface area contributed by atoms with E-state index < -0.39 is 5.91 Å². The van der Waals surface area contributed by atoms with E-state index in [0.29, 0.717) is 13.0 Å². The predicted molar refractivity (Wildman–Crippen MR) is 46.6 cm³/mol. The van der Waals surface area contributed by atoms with Crippen LogP contribution in [0.25, 0.3) is 0 Å². The molecule has 0 rings (SSSR count). The second-order valence-corrected chi connectivity index (χ2v) is 2.60. The summed E-state index contributed by atoms with van der Waals surface area (Å²) in [6.07, 6.45) is 2.92. The first-order chi connectivity index (χ1) is 5.72. The number of ketones is 1. The maximum Gasteiger partial charge on any atom is 0.287 e. The molecule has 0 aliphatic carbocycles. The number of hydrogen-bond donors (Lipinski definition) is 2. The zero-order chi connectivity index (χ0) is 9.40. The fraction of sp³-hybridized carbons (Fsp3) is 0.750. The Bertz CT molecular complexity index is 157. The van der Waals surface area contributed by atoms with Gasteiger partial charge in [0.05, 0.1) is 0 Å². The quantitative estimate of drug-likeness (QED) is 0.431. The fourth-order valence-corrected chi connectivity index (χ4v) is 0.860. The number of hydrogen-bond acceptors (Lipinski definition) is 3. The molecule has 70 valence electrons. The van der Waals surface area contributed by atoms with E-state index in [1.54, 1.807) is 0 Å². The summed E-state index contributed by atoms with van der Waals surface area (Å²) in [5, 5.41) is 2.29. The first-order valence-corrected chi connectivity index (χ1v) is 4.17. The standard InChI is InChI=1S/C8H16N2O2/c1-10-8(12)7(11)5-3-2-4-6-9/h2-6,9H2,1H3,(H,10,12). The van der Waals surface area contributed by atoms with Crippen LogP contribution >= 0.6 is 0 Å². The van der Waals surface area contributed by atoms with Gasteiger partial charge in [-0.2, -0.15) is 0 Å². The van der Waals surface area contributed by atoms with E-state index in [1.807, 2.05) is 0 Å². The molecule has 0 radical (unpaired) electrons. The van der Waals surface area contributed by atoms with Crippen molar-refractivity contribution >= 4 is 11.7 Å². The van der Waals surface area contributed by atoms with Crippen molar-refractivity contribution in [3.05, 3.63) is 0 Å². The van der Waals surface area contributed by atoms with E-state index >= 15 is 0 Å². The van der Waals surface area contributed by atoms with Gasteiger partial charge in [0.25, 0.3) is 5.91 Å². The third-order valence-electron chi connectivity index (χ3n) is 1.59. The number of amides is 1. The normalized spacial score (nSPS) is 9.50. The highest BCUT2D eigenvalue weighted by atomic mass is 16.2. The number of carbonyl (C=O) groups excluding carboxylic acids is 2. The maximum atomic E-state index is 10.9. The lowest BCUT2D eigenvalue weighted by Crippen LogP contribution is -2.27. The maximum absolute atomic E-state index is 10.9. The zero-order valence-electron chi connectivity index (χ0n) is 7.43. The molecule has 0 aliphatic heterocycles. The van der Waals surface area contributed by atoms with Crippen LogP contribution in [-0.4, -0.2) is 25.3 Å². The number of Topliss-reactive ketones (excluding diaryl/α,β-unsaturated/α-hetero) is 1. The average Bonchev–Trinajstić information content (AvgIpc) is 2.10. The Kier molecular flexibility index (Phi) is 6.28. The molecule has 12 heavy (non-hydrogen) atoms. The van der Waals surface area contributed by atoms with Crippen LogP contribution in [-0.2, 0) is 9.59 Å². The van der Waals surface area contributed by atoms with Gasteiger partial charge < -0.3 is 11.1 Å². The lowest BCUT2D eigenvalue weighted by molar-refractivity contribution is -0.137. The van der Waals surface area contributed by atoms with Crippen LogP contribution in [0.4, 0.5) is 0 Å². The van der Waals surface area contributed by atoms with Crippen LogP contribution in [0.2, 0.25) is 0 Å². The Morgan fingerprint density at radius 3 is 2.42 bits per heavy atom. The largest absolute Gasteiger partial charge is 0.353 e. The van der Waals surface area contributed by atoms with Crippen molar-refractivity contribution in [2.75, 3.05) is 13.6 Å². The minimum Gasteiger partial charge on any atom is -0.353 e. The van der Waals surface area contributed by atoms with Crippen LogP contribution in [0.15, 0.2) is 0 Å². The van der Waals surface area contributed by atoms with E-state index in [2.05, 4.69) is 5.32 Å². The molecule has 0 unspecified atom stereocenters. The van der Waals surface area contributed by atoms with Crippen LogP contribution in [0.5, 0.6) is 0 Å². The third-order valence-corrected chi connectivity index (χ3v) is 1.59. The Labute approximate surface area is 72.5 Å². The van der Waals surface area contributed by atoms with Crippen molar-refractivity contribution in [3.8, 4) is 0 Å². The van der Waals surface area contributed by atoms with Gasteiger partial charge in [-0.1, -0.05) is 6.42 Å². The molecule has 0 fully saturated rings. The number of unbranched alkanes of at least 4 members (excludes halogenated alkanes) is 2. The minimum atomic E-state index is -0.497. The molecule has 0 spiro atoms. The van der Waals surface area contributed by atoms with Crippen molar-refractivity contribution in [1.29, 1.82) is 0 Å². The summed E-state index contributed by atoms with van der Waals surface area (Å²) >= 11 is 0. The summed E-state index contributed by atoms with van der Waals surface area (Å²) < 4.78 is 0. The van der Waals surface area contributed by atoms with E-state index in [1.165, 1.54) is 7.05 Å². The van der Waals surface area contributed by atoms with Crippen molar-refractivity contribution in [2.45, 2.75) is 25.7 Å². The molecule has 0 aliphatic rings. The van der Waals surface area contributed by atoms with Crippen LogP contribution in [0.1, 0.15) is 25.7 Å². The fourth-order valence-electron chi connectivity index (χ4n) is 0.860. The second kappa shape index (κ2) is 6.79. The number of likely N-dealkylation sites (N-methyl/N-ethyl adjacent to an activating group) is 1. The highest BCUT2D eigenvalue weighted by Gasteiger charge is 2.09. The molecular formula is C8H16N2O2. The topological polar surface area (TPSA) is 72.2 Å². The van der Waals surface area contributed by atoms with E-state index in [9.17, 15) is 9.59 Å². The van der Waals surface area contributed by atoms with Gasteiger partial charge in [0.1, 0.15) is 0 Å². The molecule has 0 bridgehead atoms. The molecule has 4 nitrogen and oxygen atoms in total. The van der Waals surface area contributed by atoms with Gasteiger partial charge in [-0.25, -0.2) is 0 Å². The van der Waals surface area contributed by atoms with Gasteiger partial charge >= 0.3 is 0 Å². The van der Waals surface area contributed by atoms with Gasteiger partial charge in [0, 0.05) is 13.5 Å². The molecular weight excluding hydrogens is 156 g/mol. The molecule has 0 saturated heterocycles. The molecule has 3 N–H and O–H groups in total. The van der Waals surface area contributed by atoms with Crippen LogP contribution < -0.4 is 11.1 Å². The summed E-state index contributed by atoms with van der Waals surface area (Å²) in [6.45, 7) is 0.647. The van der Waals surface area contributed by atoms with Gasteiger partial charge in [-0.05, 0) is 19.4 Å². The first kappa shape index (κ1) is 11.1. The Morgan fingerprint density at radius 1 is 1.25 bits per heavy atom. The monoisotopic (exact) mass is 172 g/mol. The molecule has 0 atom stereocenters. The number of carbonyl (C=O) groups is 2. The Hall–Kier alpha value is -0.900. The summed E-state index contributed by atoms with van der Waals surface area (Å²) in [6, 6.07) is 0. The number of nitrogens with two attached hydrogens (primary N) is 1. The number of rotatable bonds is 6. The summed E-state index contributed by atoms with van der Waals surface area (Å²) in [4.78, 5) is 21.6. The summed E-state index contributed by atoms with van der Waals surface area (Å²) in [7, 11) is 1.46. The van der Waals surface area contributed by atoms with Gasteiger partial charge in [0.2, 0.25) is 5.78 Å². The van der Waals surface area contributed by atoms with Crippen molar-refractivity contribution < 1.29 is 9.59 Å². The Morgan fingerprint density at radius 2 is 1.92 bits per heavy atom. The van der Waals surface area contributed by atoms with Crippen molar-refractivity contribution in [1.82, 2.24) is 5.32 Å². The van der Waals surface area contributed by atoms with Crippen molar-refractivity contribution in [3.63, 3.8) is 0 Å². The molecule has 0 aromatic carbocycles. The third kappa shape index (κ3) is 4.85. The second-order valence-electron chi connectivity index (χ2n) is 2.60. The molecule has 0 aromatic heterocycles. The SMILES string of the molecule is CNC(=O)C(=O)CCCCCN. The smallest absolute Gasteiger partial charge is 0.287 e. The average molecular weight is 172 g/mol. The molecule has 0 heterocycles. The highest BCUT2D eigenvalue weighted by molar-refractivity contribution is 6.36. The van der Waals surface area contributed by atoms with Gasteiger partial charge in [-0.3, -0.25) is 9.59 Å². The predicted octanol–water partition coefficient (Wildman–Crippen LogP) is -0.179. The van der Waals surface area contributed by atoms with E-state index in [4.69, 9.17) is 5.73 Å². The first-order valence-electron chi connectivity index (χ1n) is 4.17. The molecule has 4 heteroatoms. The minimum absolute atomic E-state index is 0.333. The summed E-state index contributed by atoms with van der Waals surface area (Å²) in [5.41, 5.74) is 5.27. The lowest BCUT2D eigenvalue weighted by atomic mass is 10.1. The van der Waals surface area contributed by atoms with Gasteiger partial charge in [-0.15, -0.1) is 0 Å². The summed E-state index contributed by atoms with van der Waals surface area (Å²) in [5.74, 6) is -0.836. The van der Waals surface area contributed by atoms with Gasteiger partial charge in [0.15, 0.2) is 0 Å². The van der Waals surface area contributed by atoms with Crippen LogP contribution in [0.3, 0.4) is 0 Å². The number of nitrogens with one attached hydrogen (secondary N) is 1. The molecule has 1 amide bonds.